The number of ether oxygens (including phenoxy) is 1. The first-order valence-corrected chi connectivity index (χ1v) is 12.8. The molecule has 0 bridgehead atoms. The van der Waals surface area contributed by atoms with Gasteiger partial charge in [0.05, 0.1) is 23.5 Å². The normalized spacial score (nSPS) is 13.9. The smallest absolute Gasteiger partial charge is 0.319 e. The third-order valence-corrected chi connectivity index (χ3v) is 6.60. The van der Waals surface area contributed by atoms with Crippen LogP contribution in [0.25, 0.3) is 22.2 Å². The second-order valence-electron chi connectivity index (χ2n) is 8.62. The van der Waals surface area contributed by atoms with Crippen LogP contribution in [0.15, 0.2) is 42.5 Å². The van der Waals surface area contributed by atoms with Crippen molar-refractivity contribution >= 4 is 50.9 Å². The number of rotatable bonds is 8. The number of aromatic nitrogens is 1. The van der Waals surface area contributed by atoms with Gasteiger partial charge in [0.2, 0.25) is 0 Å². The Labute approximate surface area is 203 Å². The van der Waals surface area contributed by atoms with E-state index in [1.54, 1.807) is 0 Å². The summed E-state index contributed by atoms with van der Waals surface area (Å²) in [6, 6.07) is 14.5. The first-order chi connectivity index (χ1) is 15.5. The molecule has 0 unspecified atom stereocenters. The van der Waals surface area contributed by atoms with Crippen LogP contribution in [0, 0.1) is 0 Å². The molecule has 1 aliphatic carbocycles. The van der Waals surface area contributed by atoms with Gasteiger partial charge in [0.15, 0.2) is 0 Å². The predicted molar refractivity (Wildman–Crippen MR) is 141 cm³/mol. The van der Waals surface area contributed by atoms with E-state index in [-0.39, 0.29) is 12.1 Å². The number of hydrogen-bond donors (Lipinski definition) is 3. The fourth-order valence-corrected chi connectivity index (χ4v) is 4.42. The van der Waals surface area contributed by atoms with Crippen molar-refractivity contribution in [2.24, 2.45) is 0 Å². The number of alkyl halides is 1. The molecule has 1 aliphatic rings. The summed E-state index contributed by atoms with van der Waals surface area (Å²) in [5.74, 6) is 0.891. The van der Waals surface area contributed by atoms with Crippen molar-refractivity contribution in [3.8, 4) is 17.0 Å². The molecule has 7 heteroatoms. The van der Waals surface area contributed by atoms with E-state index in [4.69, 9.17) is 10.5 Å². The number of amides is 2. The van der Waals surface area contributed by atoms with Crippen molar-refractivity contribution in [3.05, 3.63) is 42.5 Å². The third kappa shape index (κ3) is 4.82. The summed E-state index contributed by atoms with van der Waals surface area (Å²) in [5, 5.41) is 6.78. The Morgan fingerprint density at radius 2 is 1.97 bits per heavy atom. The molecule has 3 aromatic rings. The lowest BCUT2D eigenvalue weighted by Crippen LogP contribution is -2.34. The van der Waals surface area contributed by atoms with E-state index in [0.717, 1.165) is 69.6 Å². The zero-order valence-electron chi connectivity index (χ0n) is 18.7. The maximum absolute atomic E-state index is 12.0. The van der Waals surface area contributed by atoms with E-state index in [2.05, 4.69) is 49.9 Å². The van der Waals surface area contributed by atoms with Gasteiger partial charge in [0.1, 0.15) is 5.75 Å². The first kappa shape index (κ1) is 22.8. The molecule has 0 aliphatic heterocycles. The van der Waals surface area contributed by atoms with E-state index in [9.17, 15) is 4.79 Å². The molecule has 0 radical (unpaired) electrons. The van der Waals surface area contributed by atoms with Crippen LogP contribution in [0.3, 0.4) is 0 Å². The van der Waals surface area contributed by atoms with E-state index < -0.39 is 0 Å². The number of carbonyl (C=O) groups excluding carboxylic acids is 1. The molecule has 0 spiro atoms. The molecule has 2 aromatic carbocycles. The number of anilines is 2. The molecule has 1 heterocycles. The maximum Gasteiger partial charge on any atom is 0.319 e. The zero-order valence-corrected chi connectivity index (χ0v) is 20.8. The van der Waals surface area contributed by atoms with Crippen LogP contribution < -0.4 is 21.1 Å². The Kier molecular flexibility index (Phi) is 7.13. The van der Waals surface area contributed by atoms with Crippen LogP contribution in [-0.2, 0) is 0 Å². The number of nitrogens with zero attached hydrogens (tertiary/aromatic N) is 1. The topological polar surface area (TPSA) is 81.3 Å². The molecular formula is C25H31IN4O2. The van der Waals surface area contributed by atoms with Crippen LogP contribution in [-0.4, -0.2) is 27.7 Å². The Balaban J connectivity index is 1.68. The standard InChI is InChI=1S/C25H31IN4O2/c1-16(2)28-25(31)29-18-9-7-17(8-10-18)24-23(27)21-12-11-20(32-14-4-13-26)15-22(21)30(24)19-5-3-6-19/h7-12,15-16,19H,3-6,13-14,27H2,1-2H3,(H2,28,29,31). The quantitative estimate of drug-likeness (QED) is 0.175. The minimum atomic E-state index is -0.203. The lowest BCUT2D eigenvalue weighted by Gasteiger charge is -2.30. The lowest BCUT2D eigenvalue weighted by atomic mass is 9.92. The molecule has 0 atom stereocenters. The first-order valence-electron chi connectivity index (χ1n) is 11.3. The average Bonchev–Trinajstić information content (AvgIpc) is 2.99. The van der Waals surface area contributed by atoms with Gasteiger partial charge < -0.3 is 25.7 Å². The van der Waals surface area contributed by atoms with Gasteiger partial charge >= 0.3 is 6.03 Å². The number of fused-ring (bicyclic) bond motifs is 1. The van der Waals surface area contributed by atoms with E-state index >= 15 is 0 Å². The van der Waals surface area contributed by atoms with Crippen molar-refractivity contribution in [2.45, 2.75) is 51.6 Å². The highest BCUT2D eigenvalue weighted by molar-refractivity contribution is 14.1. The molecular weight excluding hydrogens is 515 g/mol. The molecule has 2 amide bonds. The highest BCUT2D eigenvalue weighted by Crippen LogP contribution is 2.44. The number of hydrogen-bond acceptors (Lipinski definition) is 3. The number of carbonyl (C=O) groups is 1. The molecule has 1 fully saturated rings. The van der Waals surface area contributed by atoms with Crippen LogP contribution in [0.1, 0.15) is 45.6 Å². The second kappa shape index (κ2) is 10.0. The van der Waals surface area contributed by atoms with Crippen LogP contribution in [0.5, 0.6) is 5.75 Å². The van der Waals surface area contributed by atoms with Gasteiger partial charge in [0, 0.05) is 39.2 Å². The van der Waals surface area contributed by atoms with E-state index in [1.165, 1.54) is 6.42 Å². The summed E-state index contributed by atoms with van der Waals surface area (Å²) in [7, 11) is 0. The maximum atomic E-state index is 12.0. The molecule has 32 heavy (non-hydrogen) atoms. The summed E-state index contributed by atoms with van der Waals surface area (Å²) in [4.78, 5) is 12.0. The Morgan fingerprint density at radius 1 is 1.22 bits per heavy atom. The van der Waals surface area contributed by atoms with Crippen molar-refractivity contribution in [2.75, 3.05) is 22.1 Å². The fourth-order valence-electron chi connectivity index (χ4n) is 4.11. The predicted octanol–water partition coefficient (Wildman–Crippen LogP) is 6.35. The van der Waals surface area contributed by atoms with Crippen molar-refractivity contribution in [3.63, 3.8) is 0 Å². The Bertz CT molecular complexity index is 1090. The summed E-state index contributed by atoms with van der Waals surface area (Å²) < 4.78 is 9.45. The molecule has 0 saturated heterocycles. The second-order valence-corrected chi connectivity index (χ2v) is 9.70. The molecule has 1 saturated carbocycles. The monoisotopic (exact) mass is 546 g/mol. The van der Waals surface area contributed by atoms with Gasteiger partial charge in [0.25, 0.3) is 0 Å². The van der Waals surface area contributed by atoms with E-state index in [1.807, 2.05) is 44.2 Å². The number of urea groups is 1. The van der Waals surface area contributed by atoms with Gasteiger partial charge in [-0.05, 0) is 63.8 Å². The zero-order chi connectivity index (χ0) is 22.7. The van der Waals surface area contributed by atoms with Crippen LogP contribution in [0.4, 0.5) is 16.2 Å². The van der Waals surface area contributed by atoms with Crippen LogP contribution in [0.2, 0.25) is 0 Å². The third-order valence-electron chi connectivity index (χ3n) is 5.84. The van der Waals surface area contributed by atoms with Gasteiger partial charge in [-0.3, -0.25) is 0 Å². The minimum Gasteiger partial charge on any atom is -0.493 e. The Morgan fingerprint density at radius 3 is 2.59 bits per heavy atom. The summed E-state index contributed by atoms with van der Waals surface area (Å²) >= 11 is 2.37. The molecule has 6 nitrogen and oxygen atoms in total. The van der Waals surface area contributed by atoms with Gasteiger partial charge in [-0.25, -0.2) is 4.79 Å². The highest BCUT2D eigenvalue weighted by Gasteiger charge is 2.27. The van der Waals surface area contributed by atoms with E-state index in [0.29, 0.717) is 6.04 Å². The Hall–Kier alpha value is -2.42. The molecule has 170 valence electrons. The summed E-state index contributed by atoms with van der Waals surface area (Å²) in [6.07, 6.45) is 4.59. The van der Waals surface area contributed by atoms with Crippen molar-refractivity contribution in [1.82, 2.24) is 9.88 Å². The van der Waals surface area contributed by atoms with Crippen molar-refractivity contribution < 1.29 is 9.53 Å². The SMILES string of the molecule is CC(C)NC(=O)Nc1ccc(-c2c(N)c3ccc(OCCCI)cc3n2C2CCC2)cc1. The number of nitrogen functional groups attached to an aromatic ring is 1. The van der Waals surface area contributed by atoms with Crippen LogP contribution >= 0.6 is 22.6 Å². The molecule has 4 rings (SSSR count). The van der Waals surface area contributed by atoms with Crippen molar-refractivity contribution in [1.29, 1.82) is 0 Å². The number of halogens is 1. The summed E-state index contributed by atoms with van der Waals surface area (Å²) in [6.45, 7) is 4.59. The molecule has 4 N–H and O–H groups in total. The average molecular weight is 546 g/mol. The number of nitrogens with two attached hydrogens (primary N) is 1. The van der Waals surface area contributed by atoms with Gasteiger partial charge in [-0.15, -0.1) is 0 Å². The largest absolute Gasteiger partial charge is 0.493 e. The van der Waals surface area contributed by atoms with Gasteiger partial charge in [-0.2, -0.15) is 0 Å². The lowest BCUT2D eigenvalue weighted by molar-refractivity contribution is 0.250. The number of nitrogens with one attached hydrogen (secondary N) is 2. The molecule has 1 aromatic heterocycles. The fraction of sp³-hybridized carbons (Fsp3) is 0.400. The summed E-state index contributed by atoms with van der Waals surface area (Å²) in [5.41, 5.74) is 11.5. The minimum absolute atomic E-state index is 0.0858. The highest BCUT2D eigenvalue weighted by atomic mass is 127. The van der Waals surface area contributed by atoms with Gasteiger partial charge in [-0.1, -0.05) is 34.7 Å². The number of benzene rings is 2.